The van der Waals surface area contributed by atoms with Crippen LogP contribution in [0.1, 0.15) is 16.7 Å². The maximum absolute atomic E-state index is 11.9. The number of carbonyl (C=O) groups is 1. The largest absolute Gasteiger partial charge is 0.380 e. The minimum absolute atomic E-state index is 0.240. The van der Waals surface area contributed by atoms with Gasteiger partial charge in [-0.2, -0.15) is 0 Å². The number of benzene rings is 2. The summed E-state index contributed by atoms with van der Waals surface area (Å²) in [5.74, 6) is 0. The van der Waals surface area contributed by atoms with Crippen LogP contribution >= 0.6 is 27.5 Å². The van der Waals surface area contributed by atoms with Gasteiger partial charge in [-0.1, -0.05) is 57.9 Å². The van der Waals surface area contributed by atoms with E-state index in [9.17, 15) is 4.79 Å². The number of carbonyl (C=O) groups excluding carboxylic acids is 1. The number of methoxy groups -OCH3 is 1. The van der Waals surface area contributed by atoms with Gasteiger partial charge >= 0.3 is 6.03 Å². The number of halogens is 2. The Hall–Kier alpha value is -1.56. The second-order valence-corrected chi connectivity index (χ2v) is 6.30. The van der Waals surface area contributed by atoms with Crippen molar-refractivity contribution in [1.29, 1.82) is 0 Å². The molecule has 0 aliphatic heterocycles. The molecule has 0 heterocycles. The minimum atomic E-state index is -0.240. The standard InChI is InChI=1S/C17H18BrClN2O2/c1-23-11-14-5-3-2-4-12(14)9-20-17(22)21-10-13-6-7-15(18)8-16(13)19/h2-8H,9-11H2,1H3,(H2,20,21,22). The Balaban J connectivity index is 1.86. The zero-order chi connectivity index (χ0) is 16.7. The highest BCUT2D eigenvalue weighted by molar-refractivity contribution is 9.10. The first-order chi connectivity index (χ1) is 11.1. The molecule has 0 aromatic heterocycles. The van der Waals surface area contributed by atoms with E-state index in [1.807, 2.05) is 36.4 Å². The van der Waals surface area contributed by atoms with Crippen LogP contribution in [-0.4, -0.2) is 13.1 Å². The third-order valence-electron chi connectivity index (χ3n) is 3.31. The maximum Gasteiger partial charge on any atom is 0.315 e. The van der Waals surface area contributed by atoms with Crippen LogP contribution in [0.4, 0.5) is 4.79 Å². The van der Waals surface area contributed by atoms with E-state index in [-0.39, 0.29) is 6.03 Å². The van der Waals surface area contributed by atoms with Crippen molar-refractivity contribution in [2.75, 3.05) is 7.11 Å². The first-order valence-corrected chi connectivity index (χ1v) is 8.28. The van der Waals surface area contributed by atoms with Crippen molar-refractivity contribution >= 4 is 33.6 Å². The molecule has 0 saturated carbocycles. The molecular weight excluding hydrogens is 380 g/mol. The molecule has 2 rings (SSSR count). The Kier molecular flexibility index (Phi) is 6.89. The molecule has 0 unspecified atom stereocenters. The number of hydrogen-bond donors (Lipinski definition) is 2. The van der Waals surface area contributed by atoms with E-state index in [0.29, 0.717) is 24.7 Å². The van der Waals surface area contributed by atoms with Crippen LogP contribution in [0.25, 0.3) is 0 Å². The fraction of sp³-hybridized carbons (Fsp3) is 0.235. The van der Waals surface area contributed by atoms with Gasteiger partial charge in [0.25, 0.3) is 0 Å². The molecule has 2 amide bonds. The van der Waals surface area contributed by atoms with Gasteiger partial charge in [0.05, 0.1) is 6.61 Å². The van der Waals surface area contributed by atoms with Crippen LogP contribution in [0.5, 0.6) is 0 Å². The number of hydrogen-bond acceptors (Lipinski definition) is 2. The average molecular weight is 398 g/mol. The van der Waals surface area contributed by atoms with E-state index < -0.39 is 0 Å². The highest BCUT2D eigenvalue weighted by atomic mass is 79.9. The minimum Gasteiger partial charge on any atom is -0.380 e. The van der Waals surface area contributed by atoms with Crippen molar-refractivity contribution in [3.63, 3.8) is 0 Å². The number of nitrogens with one attached hydrogen (secondary N) is 2. The third kappa shape index (κ3) is 5.53. The summed E-state index contributed by atoms with van der Waals surface area (Å²) in [6.45, 7) is 1.34. The fourth-order valence-corrected chi connectivity index (χ4v) is 2.85. The molecule has 4 nitrogen and oxygen atoms in total. The molecule has 0 aliphatic rings. The zero-order valence-electron chi connectivity index (χ0n) is 12.7. The topological polar surface area (TPSA) is 50.4 Å². The van der Waals surface area contributed by atoms with Crippen molar-refractivity contribution in [2.24, 2.45) is 0 Å². The molecule has 0 aliphatic carbocycles. The van der Waals surface area contributed by atoms with Crippen molar-refractivity contribution in [3.05, 3.63) is 68.7 Å². The number of ether oxygens (including phenoxy) is 1. The summed E-state index contributed by atoms with van der Waals surface area (Å²) >= 11 is 9.48. The summed E-state index contributed by atoms with van der Waals surface area (Å²) in [7, 11) is 1.65. The molecule has 0 saturated heterocycles. The second-order valence-electron chi connectivity index (χ2n) is 4.97. The second kappa shape index (κ2) is 8.91. The van der Waals surface area contributed by atoms with Gasteiger partial charge in [0.1, 0.15) is 0 Å². The molecule has 0 radical (unpaired) electrons. The van der Waals surface area contributed by atoms with E-state index >= 15 is 0 Å². The molecule has 0 fully saturated rings. The van der Waals surface area contributed by atoms with Crippen LogP contribution in [0.2, 0.25) is 5.02 Å². The lowest BCUT2D eigenvalue weighted by Crippen LogP contribution is -2.34. The average Bonchev–Trinajstić information content (AvgIpc) is 2.53. The monoisotopic (exact) mass is 396 g/mol. The lowest BCUT2D eigenvalue weighted by atomic mass is 10.1. The Morgan fingerprint density at radius 1 is 1.09 bits per heavy atom. The molecular formula is C17H18BrClN2O2. The molecule has 2 N–H and O–H groups in total. The Morgan fingerprint density at radius 3 is 2.39 bits per heavy atom. The smallest absolute Gasteiger partial charge is 0.315 e. The van der Waals surface area contributed by atoms with E-state index in [1.54, 1.807) is 13.2 Å². The predicted molar refractivity (Wildman–Crippen MR) is 95.4 cm³/mol. The zero-order valence-corrected chi connectivity index (χ0v) is 15.1. The number of amides is 2. The first-order valence-electron chi connectivity index (χ1n) is 7.11. The normalized spacial score (nSPS) is 10.4. The van der Waals surface area contributed by atoms with E-state index in [0.717, 1.165) is 21.2 Å². The summed E-state index contributed by atoms with van der Waals surface area (Å²) < 4.78 is 6.06. The number of rotatable bonds is 6. The molecule has 0 spiro atoms. The molecule has 0 atom stereocenters. The Morgan fingerprint density at radius 2 is 1.74 bits per heavy atom. The molecule has 23 heavy (non-hydrogen) atoms. The Labute approximate surface area is 149 Å². The van der Waals surface area contributed by atoms with Gasteiger partial charge in [-0.15, -0.1) is 0 Å². The lowest BCUT2D eigenvalue weighted by Gasteiger charge is -2.11. The quantitative estimate of drug-likeness (QED) is 0.765. The summed E-state index contributed by atoms with van der Waals surface area (Å²) in [5.41, 5.74) is 2.96. The highest BCUT2D eigenvalue weighted by Gasteiger charge is 2.06. The molecule has 2 aromatic carbocycles. The van der Waals surface area contributed by atoms with Crippen LogP contribution in [0.15, 0.2) is 46.9 Å². The lowest BCUT2D eigenvalue weighted by molar-refractivity contribution is 0.184. The summed E-state index contributed by atoms with van der Waals surface area (Å²) in [6, 6.07) is 13.2. The van der Waals surface area contributed by atoms with Crippen LogP contribution in [0.3, 0.4) is 0 Å². The van der Waals surface area contributed by atoms with Crippen molar-refractivity contribution < 1.29 is 9.53 Å². The van der Waals surface area contributed by atoms with Crippen LogP contribution in [-0.2, 0) is 24.4 Å². The van der Waals surface area contributed by atoms with Gasteiger partial charge in [0.2, 0.25) is 0 Å². The van der Waals surface area contributed by atoms with Crippen molar-refractivity contribution in [3.8, 4) is 0 Å². The van der Waals surface area contributed by atoms with Gasteiger partial charge in [-0.25, -0.2) is 4.79 Å². The van der Waals surface area contributed by atoms with Gasteiger partial charge in [0, 0.05) is 29.7 Å². The predicted octanol–water partition coefficient (Wildman–Crippen LogP) is 4.25. The molecule has 6 heteroatoms. The van der Waals surface area contributed by atoms with Gasteiger partial charge in [-0.3, -0.25) is 0 Å². The fourth-order valence-electron chi connectivity index (χ4n) is 2.10. The third-order valence-corrected chi connectivity index (χ3v) is 4.16. The van der Waals surface area contributed by atoms with E-state index in [4.69, 9.17) is 16.3 Å². The van der Waals surface area contributed by atoms with Crippen molar-refractivity contribution in [1.82, 2.24) is 10.6 Å². The first kappa shape index (κ1) is 17.8. The van der Waals surface area contributed by atoms with Gasteiger partial charge in [0.15, 0.2) is 0 Å². The van der Waals surface area contributed by atoms with Gasteiger partial charge < -0.3 is 15.4 Å². The summed E-state index contributed by atoms with van der Waals surface area (Å²) in [5, 5.41) is 6.26. The number of urea groups is 1. The highest BCUT2D eigenvalue weighted by Crippen LogP contribution is 2.21. The van der Waals surface area contributed by atoms with Crippen LogP contribution < -0.4 is 10.6 Å². The molecule has 122 valence electrons. The van der Waals surface area contributed by atoms with E-state index in [1.165, 1.54) is 0 Å². The van der Waals surface area contributed by atoms with E-state index in [2.05, 4.69) is 26.6 Å². The van der Waals surface area contributed by atoms with Gasteiger partial charge in [-0.05, 0) is 28.8 Å². The maximum atomic E-state index is 11.9. The summed E-state index contributed by atoms with van der Waals surface area (Å²) in [4.78, 5) is 11.9. The van der Waals surface area contributed by atoms with Crippen LogP contribution in [0, 0.1) is 0 Å². The summed E-state index contributed by atoms with van der Waals surface area (Å²) in [6.07, 6.45) is 0. The molecule has 0 bridgehead atoms. The Bertz CT molecular complexity index is 679. The SMILES string of the molecule is COCc1ccccc1CNC(=O)NCc1ccc(Br)cc1Cl. The van der Waals surface area contributed by atoms with Crippen molar-refractivity contribution in [2.45, 2.75) is 19.7 Å². The molecule has 2 aromatic rings.